The second kappa shape index (κ2) is 8.17. The third-order valence-electron chi connectivity index (χ3n) is 4.74. The van der Waals surface area contributed by atoms with E-state index in [1.54, 1.807) is 19.1 Å². The zero-order valence-corrected chi connectivity index (χ0v) is 17.0. The highest BCUT2D eigenvalue weighted by Crippen LogP contribution is 2.32. The molecule has 0 unspecified atom stereocenters. The van der Waals surface area contributed by atoms with Gasteiger partial charge in [-0.25, -0.2) is 22.0 Å². The van der Waals surface area contributed by atoms with Gasteiger partial charge in [0.2, 0.25) is 5.82 Å². The molecule has 0 atom stereocenters. The summed E-state index contributed by atoms with van der Waals surface area (Å²) in [6, 6.07) is 3.39. The van der Waals surface area contributed by atoms with Crippen molar-refractivity contribution < 1.29 is 31.5 Å². The lowest BCUT2D eigenvalue weighted by Crippen LogP contribution is -2.49. The third kappa shape index (κ3) is 3.77. The molecule has 1 fully saturated rings. The van der Waals surface area contributed by atoms with Gasteiger partial charge >= 0.3 is 0 Å². The monoisotopic (exact) mass is 478 g/mol. The molecule has 1 saturated heterocycles. The standard InChI is InChI=1S/C19H16BrF5N2O2/c1-9-7-10(20)8-11(18(9)29-2)19(28)27-5-3-26(4-6-27)17-15(24)13(22)12(21)14(23)16(17)25/h7-8H,3-6H2,1-2H3. The number of piperazine rings is 1. The smallest absolute Gasteiger partial charge is 0.257 e. The Balaban J connectivity index is 1.83. The fourth-order valence-electron chi connectivity index (χ4n) is 3.33. The molecule has 1 amide bonds. The van der Waals surface area contributed by atoms with E-state index in [-0.39, 0.29) is 32.1 Å². The van der Waals surface area contributed by atoms with Gasteiger partial charge in [-0.3, -0.25) is 4.79 Å². The van der Waals surface area contributed by atoms with Crippen molar-refractivity contribution in [1.82, 2.24) is 4.90 Å². The summed E-state index contributed by atoms with van der Waals surface area (Å²) in [5.74, 6) is -9.91. The van der Waals surface area contributed by atoms with Gasteiger partial charge in [0.15, 0.2) is 23.3 Å². The Hall–Kier alpha value is -2.36. The van der Waals surface area contributed by atoms with Gasteiger partial charge in [-0.05, 0) is 24.6 Å². The van der Waals surface area contributed by atoms with Crippen LogP contribution in [-0.4, -0.2) is 44.1 Å². The Kier molecular flexibility index (Phi) is 6.02. The molecule has 0 radical (unpaired) electrons. The molecular formula is C19H16BrF5N2O2. The number of aryl methyl sites for hydroxylation is 1. The molecule has 3 rings (SSSR count). The maximum Gasteiger partial charge on any atom is 0.257 e. The Morgan fingerprint density at radius 2 is 1.45 bits per heavy atom. The van der Waals surface area contributed by atoms with Crippen LogP contribution in [0.3, 0.4) is 0 Å². The van der Waals surface area contributed by atoms with E-state index in [9.17, 15) is 26.7 Å². The number of ether oxygens (including phenoxy) is 1. The lowest BCUT2D eigenvalue weighted by molar-refractivity contribution is 0.0742. The number of hydrogen-bond acceptors (Lipinski definition) is 3. The lowest BCUT2D eigenvalue weighted by atomic mass is 10.1. The summed E-state index contributed by atoms with van der Waals surface area (Å²) < 4.78 is 74.2. The van der Waals surface area contributed by atoms with E-state index >= 15 is 0 Å². The van der Waals surface area contributed by atoms with E-state index in [1.807, 2.05) is 0 Å². The highest BCUT2D eigenvalue weighted by atomic mass is 79.9. The normalized spacial score (nSPS) is 14.3. The van der Waals surface area contributed by atoms with Crippen LogP contribution in [0.4, 0.5) is 27.6 Å². The highest BCUT2D eigenvalue weighted by molar-refractivity contribution is 9.10. The number of hydrogen-bond donors (Lipinski definition) is 0. The van der Waals surface area contributed by atoms with E-state index in [2.05, 4.69) is 15.9 Å². The Labute approximate surface area is 172 Å². The minimum Gasteiger partial charge on any atom is -0.496 e. The quantitative estimate of drug-likeness (QED) is 0.371. The summed E-state index contributed by atoms with van der Waals surface area (Å²) in [6.45, 7) is 1.65. The second-order valence-corrected chi connectivity index (χ2v) is 7.42. The number of methoxy groups -OCH3 is 1. The lowest BCUT2D eigenvalue weighted by Gasteiger charge is -2.36. The summed E-state index contributed by atoms with van der Waals surface area (Å²) >= 11 is 3.32. The number of nitrogens with zero attached hydrogens (tertiary/aromatic N) is 2. The zero-order chi connectivity index (χ0) is 21.5. The van der Waals surface area contributed by atoms with Gasteiger partial charge in [0.25, 0.3) is 5.91 Å². The summed E-state index contributed by atoms with van der Waals surface area (Å²) in [4.78, 5) is 15.4. The number of amides is 1. The number of carbonyl (C=O) groups excluding carboxylic acids is 1. The molecule has 1 aliphatic rings. The topological polar surface area (TPSA) is 32.8 Å². The van der Waals surface area contributed by atoms with Crippen LogP contribution in [0.15, 0.2) is 16.6 Å². The Morgan fingerprint density at radius 3 is 1.97 bits per heavy atom. The van der Waals surface area contributed by atoms with E-state index in [4.69, 9.17) is 4.74 Å². The van der Waals surface area contributed by atoms with Crippen LogP contribution in [0.5, 0.6) is 5.75 Å². The molecule has 2 aromatic carbocycles. The van der Waals surface area contributed by atoms with Crippen LogP contribution in [0, 0.1) is 36.0 Å². The van der Waals surface area contributed by atoms with E-state index in [0.717, 1.165) is 10.5 Å². The first-order valence-corrected chi connectivity index (χ1v) is 9.36. The van der Waals surface area contributed by atoms with E-state index < -0.39 is 34.8 Å². The number of halogens is 6. The number of rotatable bonds is 3. The van der Waals surface area contributed by atoms with Crippen LogP contribution in [0.25, 0.3) is 0 Å². The molecule has 0 N–H and O–H groups in total. The molecule has 1 aliphatic heterocycles. The largest absolute Gasteiger partial charge is 0.496 e. The molecule has 4 nitrogen and oxygen atoms in total. The van der Waals surface area contributed by atoms with Crippen LogP contribution in [0.2, 0.25) is 0 Å². The minimum atomic E-state index is -2.20. The van der Waals surface area contributed by atoms with E-state index in [1.165, 1.54) is 12.0 Å². The molecule has 2 aromatic rings. The average molecular weight is 479 g/mol. The predicted molar refractivity (Wildman–Crippen MR) is 99.8 cm³/mol. The molecule has 0 saturated carbocycles. The fourth-order valence-corrected chi connectivity index (χ4v) is 3.91. The van der Waals surface area contributed by atoms with Crippen molar-refractivity contribution in [3.63, 3.8) is 0 Å². The highest BCUT2D eigenvalue weighted by Gasteiger charge is 2.32. The number of benzene rings is 2. The van der Waals surface area contributed by atoms with Gasteiger partial charge in [-0.2, -0.15) is 0 Å². The van der Waals surface area contributed by atoms with Gasteiger partial charge in [-0.1, -0.05) is 15.9 Å². The van der Waals surface area contributed by atoms with Crippen molar-refractivity contribution in [1.29, 1.82) is 0 Å². The molecule has 0 aromatic heterocycles. The summed E-state index contributed by atoms with van der Waals surface area (Å²) in [6.07, 6.45) is 0. The minimum absolute atomic E-state index is 0.0348. The third-order valence-corrected chi connectivity index (χ3v) is 5.20. The van der Waals surface area contributed by atoms with Gasteiger partial charge in [-0.15, -0.1) is 0 Å². The van der Waals surface area contributed by atoms with Crippen molar-refractivity contribution in [2.75, 3.05) is 38.2 Å². The van der Waals surface area contributed by atoms with Gasteiger partial charge in [0.05, 0.1) is 12.7 Å². The first-order valence-electron chi connectivity index (χ1n) is 8.57. The Bertz CT molecular complexity index is 949. The molecule has 1 heterocycles. The average Bonchev–Trinajstić information content (AvgIpc) is 2.70. The predicted octanol–water partition coefficient (Wildman–Crippen LogP) is 4.42. The molecule has 29 heavy (non-hydrogen) atoms. The van der Waals surface area contributed by atoms with E-state index in [0.29, 0.717) is 15.8 Å². The molecule has 0 spiro atoms. The van der Waals surface area contributed by atoms with Crippen LogP contribution < -0.4 is 9.64 Å². The van der Waals surface area contributed by atoms with Crippen LogP contribution in [0.1, 0.15) is 15.9 Å². The van der Waals surface area contributed by atoms with Gasteiger partial charge in [0, 0.05) is 30.7 Å². The first kappa shape index (κ1) is 21.4. The van der Waals surface area contributed by atoms with Crippen molar-refractivity contribution in [2.45, 2.75) is 6.92 Å². The fraction of sp³-hybridized carbons (Fsp3) is 0.316. The van der Waals surface area contributed by atoms with Crippen LogP contribution >= 0.6 is 15.9 Å². The van der Waals surface area contributed by atoms with Crippen molar-refractivity contribution in [3.8, 4) is 5.75 Å². The Morgan fingerprint density at radius 1 is 0.931 bits per heavy atom. The molecule has 0 aliphatic carbocycles. The maximum atomic E-state index is 14.0. The summed E-state index contributed by atoms with van der Waals surface area (Å²) in [5.41, 5.74) is 0.0682. The maximum absolute atomic E-state index is 14.0. The zero-order valence-electron chi connectivity index (χ0n) is 15.5. The summed E-state index contributed by atoms with van der Waals surface area (Å²) in [5, 5.41) is 0. The van der Waals surface area contributed by atoms with Crippen molar-refractivity contribution in [2.24, 2.45) is 0 Å². The molecule has 156 valence electrons. The van der Waals surface area contributed by atoms with Gasteiger partial charge < -0.3 is 14.5 Å². The van der Waals surface area contributed by atoms with Crippen molar-refractivity contribution >= 4 is 27.5 Å². The second-order valence-electron chi connectivity index (χ2n) is 6.50. The molecule has 10 heteroatoms. The molecule has 0 bridgehead atoms. The first-order chi connectivity index (χ1) is 13.7. The van der Waals surface area contributed by atoms with Crippen molar-refractivity contribution in [3.05, 3.63) is 56.8 Å². The summed E-state index contributed by atoms with van der Waals surface area (Å²) in [7, 11) is 1.44. The molecular weight excluding hydrogens is 463 g/mol. The number of carbonyl (C=O) groups is 1. The van der Waals surface area contributed by atoms with Crippen LogP contribution in [-0.2, 0) is 0 Å². The SMILES string of the molecule is COc1c(C)cc(Br)cc1C(=O)N1CCN(c2c(F)c(F)c(F)c(F)c2F)CC1. The number of anilines is 1. The van der Waals surface area contributed by atoms with Gasteiger partial charge in [0.1, 0.15) is 11.4 Å².